The lowest BCUT2D eigenvalue weighted by molar-refractivity contribution is -0.0171. The van der Waals surface area contributed by atoms with E-state index in [-0.39, 0.29) is 17.0 Å². The summed E-state index contributed by atoms with van der Waals surface area (Å²) in [7, 11) is -3.57. The van der Waals surface area contributed by atoms with Crippen LogP contribution in [-0.2, 0) is 14.8 Å². The summed E-state index contributed by atoms with van der Waals surface area (Å²) in [5, 5.41) is 3.71. The summed E-state index contributed by atoms with van der Waals surface area (Å²) < 4.78 is 37.1. The highest BCUT2D eigenvalue weighted by Gasteiger charge is 2.37. The molecule has 0 bridgehead atoms. The molecule has 18 heavy (non-hydrogen) atoms. The number of ether oxygens (including phenoxy) is 1. The van der Waals surface area contributed by atoms with Crippen molar-refractivity contribution in [1.29, 1.82) is 0 Å². The Morgan fingerprint density at radius 2 is 2.00 bits per heavy atom. The molecule has 0 aliphatic carbocycles. The Balaban J connectivity index is 2.42. The second-order valence-electron chi connectivity index (χ2n) is 4.72. The molecule has 0 radical (unpaired) electrons. The first-order valence-electron chi connectivity index (χ1n) is 5.90. The third-order valence-corrected chi connectivity index (χ3v) is 5.31. The van der Waals surface area contributed by atoms with E-state index in [1.165, 1.54) is 4.31 Å². The van der Waals surface area contributed by atoms with Crippen LogP contribution in [0.5, 0.6) is 0 Å². The first kappa shape index (κ1) is 13.5. The maximum atomic E-state index is 12.6. The minimum Gasteiger partial charge on any atom is -0.375 e. The Labute approximate surface area is 107 Å². The lowest BCUT2D eigenvalue weighted by atomic mass is 10.2. The summed E-state index contributed by atoms with van der Waals surface area (Å²) in [6, 6.07) is -0.181. The predicted octanol–water partition coefficient (Wildman–Crippen LogP) is 1.09. The Hall–Kier alpha value is -0.920. The van der Waals surface area contributed by atoms with Gasteiger partial charge in [0.15, 0.2) is 5.76 Å². The summed E-state index contributed by atoms with van der Waals surface area (Å²) in [6.45, 7) is 7.71. The number of hydrogen-bond acceptors (Lipinski definition) is 5. The molecule has 7 heteroatoms. The Bertz CT molecular complexity index is 518. The number of morpholine rings is 1. The molecule has 2 atom stereocenters. The molecule has 1 aliphatic heterocycles. The first-order chi connectivity index (χ1) is 8.34. The molecule has 0 spiro atoms. The van der Waals surface area contributed by atoms with Gasteiger partial charge in [0.1, 0.15) is 10.6 Å². The van der Waals surface area contributed by atoms with E-state index in [4.69, 9.17) is 9.26 Å². The number of rotatable bonds is 2. The van der Waals surface area contributed by atoms with E-state index in [1.54, 1.807) is 13.8 Å². The van der Waals surface area contributed by atoms with Crippen molar-refractivity contribution >= 4 is 10.0 Å². The third kappa shape index (κ3) is 2.17. The van der Waals surface area contributed by atoms with E-state index < -0.39 is 10.0 Å². The van der Waals surface area contributed by atoms with Crippen LogP contribution in [0.1, 0.15) is 25.3 Å². The molecule has 0 N–H and O–H groups in total. The van der Waals surface area contributed by atoms with Crippen molar-refractivity contribution in [2.75, 3.05) is 13.2 Å². The Morgan fingerprint density at radius 1 is 1.33 bits per heavy atom. The molecule has 0 aromatic carbocycles. The number of nitrogens with zero attached hydrogens (tertiary/aromatic N) is 2. The van der Waals surface area contributed by atoms with Crippen LogP contribution in [0.4, 0.5) is 0 Å². The van der Waals surface area contributed by atoms with Crippen molar-refractivity contribution in [2.24, 2.45) is 0 Å². The van der Waals surface area contributed by atoms with E-state index in [1.807, 2.05) is 13.8 Å². The van der Waals surface area contributed by atoms with Crippen molar-refractivity contribution in [3.05, 3.63) is 11.5 Å². The monoisotopic (exact) mass is 274 g/mol. The molecule has 2 unspecified atom stereocenters. The molecule has 6 nitrogen and oxygen atoms in total. The van der Waals surface area contributed by atoms with Crippen LogP contribution in [0.3, 0.4) is 0 Å². The smallest absolute Gasteiger partial charge is 0.248 e. The van der Waals surface area contributed by atoms with Gasteiger partial charge in [-0.3, -0.25) is 0 Å². The topological polar surface area (TPSA) is 72.6 Å². The molecule has 102 valence electrons. The SMILES string of the molecule is Cc1noc(C)c1S(=O)(=O)N1CC(C)OCC1C. The molecule has 1 aromatic rings. The van der Waals surface area contributed by atoms with E-state index in [0.29, 0.717) is 24.6 Å². The van der Waals surface area contributed by atoms with Gasteiger partial charge >= 0.3 is 0 Å². The van der Waals surface area contributed by atoms with Gasteiger partial charge in [-0.05, 0) is 27.7 Å². The predicted molar refractivity (Wildman–Crippen MR) is 64.7 cm³/mol. The largest absolute Gasteiger partial charge is 0.375 e. The Kier molecular flexibility index (Phi) is 3.48. The summed E-state index contributed by atoms with van der Waals surface area (Å²) in [6.07, 6.45) is -0.101. The second-order valence-corrected chi connectivity index (χ2v) is 6.55. The fourth-order valence-electron chi connectivity index (χ4n) is 2.17. The Morgan fingerprint density at radius 3 is 2.56 bits per heavy atom. The first-order valence-corrected chi connectivity index (χ1v) is 7.34. The van der Waals surface area contributed by atoms with Crippen molar-refractivity contribution in [2.45, 2.75) is 44.7 Å². The van der Waals surface area contributed by atoms with Crippen molar-refractivity contribution in [3.8, 4) is 0 Å². The van der Waals surface area contributed by atoms with E-state index >= 15 is 0 Å². The van der Waals surface area contributed by atoms with Crippen molar-refractivity contribution in [3.63, 3.8) is 0 Å². The molecule has 2 heterocycles. The van der Waals surface area contributed by atoms with Crippen LogP contribution in [0, 0.1) is 13.8 Å². The standard InChI is InChI=1S/C11H18N2O4S/c1-7-6-16-8(2)5-13(7)18(14,15)11-9(3)12-17-10(11)4/h7-8H,5-6H2,1-4H3. The fourth-order valence-corrected chi connectivity index (χ4v) is 4.15. The van der Waals surface area contributed by atoms with Gasteiger partial charge in [-0.15, -0.1) is 0 Å². The van der Waals surface area contributed by atoms with Crippen LogP contribution < -0.4 is 0 Å². The maximum Gasteiger partial charge on any atom is 0.248 e. The average Bonchev–Trinajstić information content (AvgIpc) is 2.62. The van der Waals surface area contributed by atoms with Crippen LogP contribution in [0.15, 0.2) is 9.42 Å². The normalized spacial score (nSPS) is 26.4. The highest BCUT2D eigenvalue weighted by atomic mass is 32.2. The lowest BCUT2D eigenvalue weighted by Gasteiger charge is -2.35. The van der Waals surface area contributed by atoms with Crippen LogP contribution in [-0.4, -0.2) is 43.2 Å². The second kappa shape index (κ2) is 4.64. The molecule has 2 rings (SSSR count). The van der Waals surface area contributed by atoms with Gasteiger partial charge in [-0.1, -0.05) is 5.16 Å². The summed E-state index contributed by atoms with van der Waals surface area (Å²) >= 11 is 0. The van der Waals surface area contributed by atoms with Gasteiger partial charge in [-0.25, -0.2) is 8.42 Å². The van der Waals surface area contributed by atoms with E-state index in [2.05, 4.69) is 5.16 Å². The minimum atomic E-state index is -3.57. The number of aryl methyl sites for hydroxylation is 2. The van der Waals surface area contributed by atoms with Gasteiger partial charge in [0.05, 0.1) is 12.7 Å². The van der Waals surface area contributed by atoms with Gasteiger partial charge in [0.25, 0.3) is 0 Å². The van der Waals surface area contributed by atoms with Gasteiger partial charge in [0, 0.05) is 12.6 Å². The third-order valence-electron chi connectivity index (χ3n) is 3.09. The molecular weight excluding hydrogens is 256 g/mol. The average molecular weight is 274 g/mol. The molecule has 0 amide bonds. The van der Waals surface area contributed by atoms with Crippen LogP contribution >= 0.6 is 0 Å². The summed E-state index contributed by atoms with van der Waals surface area (Å²) in [5.74, 6) is 0.332. The van der Waals surface area contributed by atoms with Crippen LogP contribution in [0.25, 0.3) is 0 Å². The summed E-state index contributed by atoms with van der Waals surface area (Å²) in [5.41, 5.74) is 0.402. The molecule has 0 saturated carbocycles. The number of aromatic nitrogens is 1. The van der Waals surface area contributed by atoms with Crippen LogP contribution in [0.2, 0.25) is 0 Å². The highest BCUT2D eigenvalue weighted by molar-refractivity contribution is 7.89. The molecule has 1 fully saturated rings. The fraction of sp³-hybridized carbons (Fsp3) is 0.727. The summed E-state index contributed by atoms with van der Waals surface area (Å²) in [4.78, 5) is 0.184. The number of hydrogen-bond donors (Lipinski definition) is 0. The number of sulfonamides is 1. The highest BCUT2D eigenvalue weighted by Crippen LogP contribution is 2.26. The zero-order valence-corrected chi connectivity index (χ0v) is 11.8. The zero-order chi connectivity index (χ0) is 13.5. The molecular formula is C11H18N2O4S. The molecule has 1 aromatic heterocycles. The molecule has 1 aliphatic rings. The van der Waals surface area contributed by atoms with E-state index in [0.717, 1.165) is 0 Å². The van der Waals surface area contributed by atoms with Gasteiger partial charge in [-0.2, -0.15) is 4.31 Å². The van der Waals surface area contributed by atoms with Gasteiger partial charge < -0.3 is 9.26 Å². The minimum absolute atomic E-state index is 0.101. The molecule has 1 saturated heterocycles. The van der Waals surface area contributed by atoms with E-state index in [9.17, 15) is 8.42 Å². The van der Waals surface area contributed by atoms with Crippen molar-refractivity contribution < 1.29 is 17.7 Å². The van der Waals surface area contributed by atoms with Crippen molar-refractivity contribution in [1.82, 2.24) is 9.46 Å². The zero-order valence-electron chi connectivity index (χ0n) is 11.0. The maximum absolute atomic E-state index is 12.6. The van der Waals surface area contributed by atoms with Gasteiger partial charge in [0.2, 0.25) is 10.0 Å². The quantitative estimate of drug-likeness (QED) is 0.807. The lowest BCUT2D eigenvalue weighted by Crippen LogP contribution is -2.50.